The molecule has 0 spiro atoms. The van der Waals surface area contributed by atoms with Gasteiger partial charge < -0.3 is 19.8 Å². The minimum absolute atomic E-state index is 0.137. The Morgan fingerprint density at radius 1 is 1.21 bits per heavy atom. The maximum absolute atomic E-state index is 12.5. The third-order valence-corrected chi connectivity index (χ3v) is 5.70. The number of ether oxygens (including phenoxy) is 2. The highest BCUT2D eigenvalue weighted by Gasteiger charge is 2.19. The van der Waals surface area contributed by atoms with E-state index in [1.807, 2.05) is 24.3 Å². The molecule has 2 heterocycles. The van der Waals surface area contributed by atoms with Crippen molar-refractivity contribution >= 4 is 5.91 Å². The number of nitrogens with one attached hydrogen (secondary N) is 2. The molecule has 1 aliphatic carbocycles. The molecule has 9 nitrogen and oxygen atoms in total. The molecule has 172 valence electrons. The normalized spacial score (nSPS) is 13.2. The summed E-state index contributed by atoms with van der Waals surface area (Å²) in [5.41, 5.74) is 1.41. The van der Waals surface area contributed by atoms with E-state index in [0.29, 0.717) is 42.0 Å². The predicted octanol–water partition coefficient (Wildman–Crippen LogP) is 2.66. The number of hydrogen-bond donors (Lipinski definition) is 2. The third kappa shape index (κ3) is 5.94. The summed E-state index contributed by atoms with van der Waals surface area (Å²) in [5.74, 6) is 2.00. The van der Waals surface area contributed by atoms with Crippen molar-refractivity contribution in [2.75, 3.05) is 13.7 Å². The Morgan fingerprint density at radius 2 is 2.09 bits per heavy atom. The topological polar surface area (TPSA) is 119 Å². The van der Waals surface area contributed by atoms with Crippen molar-refractivity contribution in [2.24, 2.45) is 5.92 Å². The molecule has 9 heteroatoms. The van der Waals surface area contributed by atoms with Crippen LogP contribution < -0.4 is 20.3 Å². The van der Waals surface area contributed by atoms with E-state index in [0.717, 1.165) is 5.56 Å². The first kappa shape index (κ1) is 22.4. The summed E-state index contributed by atoms with van der Waals surface area (Å²) < 4.78 is 11.3. The summed E-state index contributed by atoms with van der Waals surface area (Å²) in [6.07, 6.45) is 7.37. The number of aromatic nitrogens is 4. The quantitative estimate of drug-likeness (QED) is 0.488. The van der Waals surface area contributed by atoms with Gasteiger partial charge >= 0.3 is 0 Å². The van der Waals surface area contributed by atoms with Crippen LogP contribution in [0.1, 0.15) is 36.9 Å². The number of amides is 1. The van der Waals surface area contributed by atoms with Crippen LogP contribution in [0.15, 0.2) is 47.5 Å². The van der Waals surface area contributed by atoms with Crippen molar-refractivity contribution in [3.8, 4) is 22.9 Å². The number of aromatic amines is 1. The van der Waals surface area contributed by atoms with Crippen molar-refractivity contribution in [1.82, 2.24) is 25.5 Å². The van der Waals surface area contributed by atoms with Gasteiger partial charge in [-0.2, -0.15) is 0 Å². The van der Waals surface area contributed by atoms with E-state index >= 15 is 0 Å². The second kappa shape index (κ2) is 10.7. The van der Waals surface area contributed by atoms with Gasteiger partial charge in [-0.15, -0.1) is 10.2 Å². The molecular formula is C24H27N5O4. The second-order valence-electron chi connectivity index (χ2n) is 8.06. The van der Waals surface area contributed by atoms with Crippen molar-refractivity contribution in [1.29, 1.82) is 0 Å². The fourth-order valence-corrected chi connectivity index (χ4v) is 3.48. The van der Waals surface area contributed by atoms with Crippen LogP contribution in [-0.2, 0) is 17.8 Å². The highest BCUT2D eigenvalue weighted by molar-refractivity contribution is 5.76. The lowest BCUT2D eigenvalue weighted by molar-refractivity contribution is -0.121. The van der Waals surface area contributed by atoms with Gasteiger partial charge in [0.1, 0.15) is 5.69 Å². The molecule has 33 heavy (non-hydrogen) atoms. The van der Waals surface area contributed by atoms with E-state index in [-0.39, 0.29) is 30.0 Å². The van der Waals surface area contributed by atoms with Gasteiger partial charge in [0, 0.05) is 37.3 Å². The number of pyridine rings is 1. The Bertz CT molecular complexity index is 1150. The third-order valence-electron chi connectivity index (χ3n) is 5.70. The molecule has 0 aliphatic heterocycles. The lowest BCUT2D eigenvalue weighted by Crippen LogP contribution is -2.25. The largest absolute Gasteiger partial charge is 0.493 e. The van der Waals surface area contributed by atoms with Crippen LogP contribution in [0.2, 0.25) is 0 Å². The molecule has 3 aromatic rings. The Balaban J connectivity index is 1.35. The van der Waals surface area contributed by atoms with Crippen LogP contribution in [0.4, 0.5) is 0 Å². The molecule has 1 saturated carbocycles. The number of methoxy groups -OCH3 is 1. The molecule has 0 unspecified atom stereocenters. The van der Waals surface area contributed by atoms with E-state index in [2.05, 4.69) is 25.5 Å². The smallest absolute Gasteiger partial charge is 0.273 e. The zero-order chi connectivity index (χ0) is 23.0. The predicted molar refractivity (Wildman–Crippen MR) is 122 cm³/mol. The molecule has 4 rings (SSSR count). The molecule has 0 bridgehead atoms. The van der Waals surface area contributed by atoms with Crippen molar-refractivity contribution in [2.45, 2.75) is 38.6 Å². The maximum atomic E-state index is 12.5. The minimum Gasteiger partial charge on any atom is -0.493 e. The fraction of sp³-hybridized carbons (Fsp3) is 0.375. The summed E-state index contributed by atoms with van der Waals surface area (Å²) >= 11 is 0. The monoisotopic (exact) mass is 449 g/mol. The number of nitrogens with zero attached hydrogens (tertiary/aromatic N) is 3. The number of aryl methyl sites for hydroxylation is 1. The van der Waals surface area contributed by atoms with Crippen LogP contribution in [-0.4, -0.2) is 39.8 Å². The zero-order valence-electron chi connectivity index (χ0n) is 18.5. The number of benzene rings is 1. The fourth-order valence-electron chi connectivity index (χ4n) is 3.48. The van der Waals surface area contributed by atoms with E-state index < -0.39 is 0 Å². The van der Waals surface area contributed by atoms with Gasteiger partial charge in [0.2, 0.25) is 5.91 Å². The van der Waals surface area contributed by atoms with Gasteiger partial charge in [-0.1, -0.05) is 12.5 Å². The molecular weight excluding hydrogens is 422 g/mol. The Kier molecular flexibility index (Phi) is 7.29. The first-order valence-corrected chi connectivity index (χ1v) is 11.0. The van der Waals surface area contributed by atoms with Gasteiger partial charge in [0.15, 0.2) is 17.3 Å². The van der Waals surface area contributed by atoms with Gasteiger partial charge in [0.05, 0.1) is 13.7 Å². The molecule has 2 N–H and O–H groups in total. The number of H-pyrrole nitrogens is 1. The molecule has 1 amide bonds. The van der Waals surface area contributed by atoms with Gasteiger partial charge in [-0.3, -0.25) is 14.6 Å². The minimum atomic E-state index is -0.371. The van der Waals surface area contributed by atoms with E-state index in [1.165, 1.54) is 19.3 Å². The average Bonchev–Trinajstić information content (AvgIpc) is 2.81. The summed E-state index contributed by atoms with van der Waals surface area (Å²) in [6, 6.07) is 9.08. The lowest BCUT2D eigenvalue weighted by atomic mass is 9.86. The maximum Gasteiger partial charge on any atom is 0.273 e. The van der Waals surface area contributed by atoms with Crippen LogP contribution in [0.5, 0.6) is 11.5 Å². The van der Waals surface area contributed by atoms with E-state index in [4.69, 9.17) is 9.47 Å². The van der Waals surface area contributed by atoms with Crippen LogP contribution in [0.3, 0.4) is 0 Å². The number of hydrogen-bond acceptors (Lipinski definition) is 7. The first-order valence-electron chi connectivity index (χ1n) is 11.0. The molecule has 1 aliphatic rings. The van der Waals surface area contributed by atoms with Gasteiger partial charge in [0.25, 0.3) is 5.56 Å². The van der Waals surface area contributed by atoms with Crippen molar-refractivity contribution < 1.29 is 14.3 Å². The lowest BCUT2D eigenvalue weighted by Gasteiger charge is -2.25. The molecule has 1 fully saturated rings. The van der Waals surface area contributed by atoms with Crippen molar-refractivity contribution in [3.05, 3.63) is 64.3 Å². The van der Waals surface area contributed by atoms with Crippen LogP contribution in [0.25, 0.3) is 11.4 Å². The number of rotatable bonds is 10. The Morgan fingerprint density at radius 3 is 2.79 bits per heavy atom. The summed E-state index contributed by atoms with van der Waals surface area (Å²) in [6.45, 7) is 1.06. The molecule has 0 saturated heterocycles. The summed E-state index contributed by atoms with van der Waals surface area (Å²) in [5, 5.41) is 11.0. The Labute approximate surface area is 191 Å². The molecule has 2 aromatic heterocycles. The molecule has 0 atom stereocenters. The molecule has 1 aromatic carbocycles. The van der Waals surface area contributed by atoms with Crippen LogP contribution >= 0.6 is 0 Å². The zero-order valence-corrected chi connectivity index (χ0v) is 18.5. The summed E-state index contributed by atoms with van der Waals surface area (Å²) in [4.78, 5) is 31.3. The highest BCUT2D eigenvalue weighted by Crippen LogP contribution is 2.33. The SMILES string of the molecule is COc1cc(-c2nnc(CCC(=O)NCc3cccnc3)c(=O)[nH]2)ccc1OCC1CCC1. The van der Waals surface area contributed by atoms with E-state index in [9.17, 15) is 9.59 Å². The highest BCUT2D eigenvalue weighted by atomic mass is 16.5. The summed E-state index contributed by atoms with van der Waals surface area (Å²) in [7, 11) is 1.58. The Hall–Kier alpha value is -3.75. The first-order chi connectivity index (χ1) is 16.1. The van der Waals surface area contributed by atoms with Crippen molar-refractivity contribution in [3.63, 3.8) is 0 Å². The number of carbonyl (C=O) groups is 1. The van der Waals surface area contributed by atoms with Gasteiger partial charge in [-0.05, 0) is 48.6 Å². The average molecular weight is 450 g/mol. The second-order valence-corrected chi connectivity index (χ2v) is 8.06. The molecule has 0 radical (unpaired) electrons. The van der Waals surface area contributed by atoms with E-state index in [1.54, 1.807) is 25.6 Å². The number of carbonyl (C=O) groups excluding carboxylic acids is 1. The standard InChI is InChI=1S/C24H27N5O4/c1-32-21-12-18(7-9-20(21)33-15-16-4-2-5-16)23-27-24(31)19(28-29-23)8-10-22(30)26-14-17-6-3-11-25-13-17/h3,6-7,9,11-13,16H,2,4-5,8,10,14-15H2,1H3,(H,26,30)(H,27,29,31). The van der Waals surface area contributed by atoms with Gasteiger partial charge in [-0.25, -0.2) is 0 Å². The van der Waals surface area contributed by atoms with Crippen LogP contribution in [0, 0.1) is 5.92 Å².